The molecule has 3 heterocycles. The highest BCUT2D eigenvalue weighted by molar-refractivity contribution is 6.42. The predicted molar refractivity (Wildman–Crippen MR) is 133 cm³/mol. The summed E-state index contributed by atoms with van der Waals surface area (Å²) < 4.78 is 7.14. The van der Waals surface area contributed by atoms with E-state index in [1.54, 1.807) is 23.9 Å². The SMILES string of the molecule is C=CC[C@@H]1C[C@@H](c2ccc(Cl)c(Cl)c2)[C@H](NC(=O)c2cc(-c3c(Cl)cnn3C)c(Cl)o2)CN1. The monoisotopic (exact) mass is 526 g/mol. The van der Waals surface area contributed by atoms with Gasteiger partial charge in [0.2, 0.25) is 5.22 Å². The summed E-state index contributed by atoms with van der Waals surface area (Å²) in [6.07, 6.45) is 5.01. The first-order valence-electron chi connectivity index (χ1n) is 10.4. The molecule has 33 heavy (non-hydrogen) atoms. The van der Waals surface area contributed by atoms with Crippen molar-refractivity contribution in [2.24, 2.45) is 7.05 Å². The summed E-state index contributed by atoms with van der Waals surface area (Å²) >= 11 is 24.9. The van der Waals surface area contributed by atoms with Crippen molar-refractivity contribution in [3.05, 3.63) is 74.7 Å². The minimum absolute atomic E-state index is 0.0198. The normalized spacial score (nSPS) is 20.6. The van der Waals surface area contributed by atoms with Gasteiger partial charge in [-0.3, -0.25) is 9.48 Å². The van der Waals surface area contributed by atoms with Gasteiger partial charge in [0.15, 0.2) is 5.76 Å². The van der Waals surface area contributed by atoms with Crippen molar-refractivity contribution in [1.82, 2.24) is 20.4 Å². The van der Waals surface area contributed by atoms with Gasteiger partial charge in [-0.15, -0.1) is 6.58 Å². The molecule has 4 rings (SSSR count). The van der Waals surface area contributed by atoms with Gasteiger partial charge in [0.05, 0.1) is 32.5 Å². The van der Waals surface area contributed by atoms with Gasteiger partial charge in [-0.1, -0.05) is 46.9 Å². The minimum Gasteiger partial charge on any atom is -0.439 e. The van der Waals surface area contributed by atoms with Crippen LogP contribution in [0.15, 0.2) is 47.5 Å². The quantitative estimate of drug-likeness (QED) is 0.379. The molecule has 174 valence electrons. The van der Waals surface area contributed by atoms with E-state index >= 15 is 0 Å². The van der Waals surface area contributed by atoms with E-state index in [1.165, 1.54) is 6.20 Å². The predicted octanol–water partition coefficient (Wildman–Crippen LogP) is 6.11. The lowest BCUT2D eigenvalue weighted by atomic mass is 9.82. The zero-order valence-electron chi connectivity index (χ0n) is 17.7. The number of hydrogen-bond donors (Lipinski definition) is 2. The van der Waals surface area contributed by atoms with E-state index in [2.05, 4.69) is 22.3 Å². The number of aryl methyl sites for hydroxylation is 1. The van der Waals surface area contributed by atoms with Crippen molar-refractivity contribution in [1.29, 1.82) is 0 Å². The third-order valence-electron chi connectivity index (χ3n) is 5.85. The number of rotatable bonds is 6. The fourth-order valence-electron chi connectivity index (χ4n) is 4.23. The highest BCUT2D eigenvalue weighted by Gasteiger charge is 2.33. The Hall–Kier alpha value is -1.96. The van der Waals surface area contributed by atoms with Gasteiger partial charge in [0.1, 0.15) is 0 Å². The summed E-state index contributed by atoms with van der Waals surface area (Å²) in [5.74, 6) is -0.264. The Morgan fingerprint density at radius 3 is 2.73 bits per heavy atom. The van der Waals surface area contributed by atoms with E-state index in [9.17, 15) is 4.79 Å². The molecule has 2 aromatic heterocycles. The van der Waals surface area contributed by atoms with Gasteiger partial charge in [0, 0.05) is 37.7 Å². The second-order valence-corrected chi connectivity index (χ2v) is 9.55. The first kappa shape index (κ1) is 24.2. The Kier molecular flexibility index (Phi) is 7.41. The minimum atomic E-state index is -0.375. The Labute approximate surface area is 211 Å². The van der Waals surface area contributed by atoms with Crippen molar-refractivity contribution in [2.45, 2.75) is 30.8 Å². The molecule has 1 aliphatic rings. The van der Waals surface area contributed by atoms with Crippen LogP contribution in [0, 0.1) is 0 Å². The number of aromatic nitrogens is 2. The summed E-state index contributed by atoms with van der Waals surface area (Å²) in [5.41, 5.74) is 2.08. The van der Waals surface area contributed by atoms with Gasteiger partial charge in [-0.25, -0.2) is 0 Å². The van der Waals surface area contributed by atoms with Crippen LogP contribution < -0.4 is 10.6 Å². The van der Waals surface area contributed by atoms with Gasteiger partial charge in [0.25, 0.3) is 5.91 Å². The van der Waals surface area contributed by atoms with Crippen LogP contribution in [0.3, 0.4) is 0 Å². The summed E-state index contributed by atoms with van der Waals surface area (Å²) in [5, 5.41) is 12.1. The first-order valence-corrected chi connectivity index (χ1v) is 11.9. The number of carbonyl (C=O) groups excluding carboxylic acids is 1. The van der Waals surface area contributed by atoms with E-state index in [-0.39, 0.29) is 34.9 Å². The number of nitrogens with one attached hydrogen (secondary N) is 2. The smallest absolute Gasteiger partial charge is 0.287 e. The van der Waals surface area contributed by atoms with Crippen LogP contribution in [0.25, 0.3) is 11.3 Å². The molecular weight excluding hydrogens is 506 g/mol. The molecule has 0 bridgehead atoms. The van der Waals surface area contributed by atoms with Gasteiger partial charge in [-0.2, -0.15) is 5.10 Å². The Balaban J connectivity index is 1.58. The number of amides is 1. The Morgan fingerprint density at radius 2 is 2.06 bits per heavy atom. The average Bonchev–Trinajstić information content (AvgIpc) is 3.32. The fraction of sp³-hybridized carbons (Fsp3) is 0.304. The molecule has 1 aliphatic heterocycles. The third kappa shape index (κ3) is 5.10. The lowest BCUT2D eigenvalue weighted by Crippen LogP contribution is -2.53. The fourth-order valence-corrected chi connectivity index (χ4v) is 5.03. The van der Waals surface area contributed by atoms with Crippen molar-refractivity contribution in [3.8, 4) is 11.3 Å². The summed E-state index contributed by atoms with van der Waals surface area (Å²) in [6.45, 7) is 4.41. The van der Waals surface area contributed by atoms with Crippen LogP contribution in [0.4, 0.5) is 0 Å². The number of halogens is 4. The van der Waals surface area contributed by atoms with E-state index in [0.29, 0.717) is 32.9 Å². The topological polar surface area (TPSA) is 72.1 Å². The molecule has 1 amide bonds. The highest BCUT2D eigenvalue weighted by Crippen LogP contribution is 2.36. The number of hydrogen-bond acceptors (Lipinski definition) is 4. The van der Waals surface area contributed by atoms with Crippen molar-refractivity contribution in [3.63, 3.8) is 0 Å². The summed E-state index contributed by atoms with van der Waals surface area (Å²) in [4.78, 5) is 13.1. The van der Waals surface area contributed by atoms with Crippen LogP contribution in [-0.4, -0.2) is 34.3 Å². The Morgan fingerprint density at radius 1 is 1.27 bits per heavy atom. The number of piperidine rings is 1. The molecular formula is C23H22Cl4N4O2. The molecule has 10 heteroatoms. The van der Waals surface area contributed by atoms with Crippen LogP contribution in [-0.2, 0) is 7.05 Å². The van der Waals surface area contributed by atoms with Crippen LogP contribution in [0.1, 0.15) is 34.9 Å². The van der Waals surface area contributed by atoms with Crippen LogP contribution >= 0.6 is 46.4 Å². The van der Waals surface area contributed by atoms with E-state index < -0.39 is 0 Å². The van der Waals surface area contributed by atoms with E-state index in [4.69, 9.17) is 50.8 Å². The van der Waals surface area contributed by atoms with Crippen molar-refractivity contribution < 1.29 is 9.21 Å². The van der Waals surface area contributed by atoms with Crippen LogP contribution in [0.2, 0.25) is 20.3 Å². The van der Waals surface area contributed by atoms with E-state index in [0.717, 1.165) is 18.4 Å². The molecule has 0 radical (unpaired) electrons. The van der Waals surface area contributed by atoms with Gasteiger partial charge in [-0.05, 0) is 42.1 Å². The molecule has 6 nitrogen and oxygen atoms in total. The van der Waals surface area contributed by atoms with Crippen molar-refractivity contribution >= 4 is 52.3 Å². The molecule has 3 atom stereocenters. The Bertz CT molecular complexity index is 1170. The maximum atomic E-state index is 13.1. The zero-order valence-corrected chi connectivity index (χ0v) is 20.8. The molecule has 0 aliphatic carbocycles. The number of nitrogens with zero attached hydrogens (tertiary/aromatic N) is 2. The number of benzene rings is 1. The lowest BCUT2D eigenvalue weighted by Gasteiger charge is -2.37. The number of carbonyl (C=O) groups is 1. The molecule has 0 spiro atoms. The second-order valence-electron chi connectivity index (χ2n) is 7.99. The summed E-state index contributed by atoms with van der Waals surface area (Å²) in [7, 11) is 1.74. The molecule has 3 aromatic rings. The second kappa shape index (κ2) is 10.1. The van der Waals surface area contributed by atoms with Crippen molar-refractivity contribution in [2.75, 3.05) is 6.54 Å². The lowest BCUT2D eigenvalue weighted by molar-refractivity contribution is 0.0891. The average molecular weight is 528 g/mol. The molecule has 0 saturated carbocycles. The largest absolute Gasteiger partial charge is 0.439 e. The molecule has 1 fully saturated rings. The zero-order chi connectivity index (χ0) is 23.7. The summed E-state index contributed by atoms with van der Waals surface area (Å²) in [6, 6.07) is 7.19. The van der Waals surface area contributed by atoms with Crippen LogP contribution in [0.5, 0.6) is 0 Å². The van der Waals surface area contributed by atoms with Gasteiger partial charge < -0.3 is 15.1 Å². The standard InChI is InChI=1S/C23H22Cl4N4O2/c1-3-4-13-8-14(12-5-6-16(24)17(25)7-12)19(11-28-13)30-23(32)20-9-15(22(27)33-20)21-18(26)10-29-31(21)2/h3,5-7,9-10,13-14,19,28H,1,4,8,11H2,2H3,(H,30,32)/t13-,14+,19-/m1/s1. The van der Waals surface area contributed by atoms with Gasteiger partial charge >= 0.3 is 0 Å². The molecule has 1 saturated heterocycles. The molecule has 1 aromatic carbocycles. The first-order chi connectivity index (χ1) is 15.8. The third-order valence-corrected chi connectivity index (χ3v) is 7.15. The highest BCUT2D eigenvalue weighted by atomic mass is 35.5. The van der Waals surface area contributed by atoms with E-state index in [1.807, 2.05) is 18.2 Å². The molecule has 2 N–H and O–H groups in total. The number of furan rings is 1. The maximum Gasteiger partial charge on any atom is 0.287 e. The maximum absolute atomic E-state index is 13.1. The molecule has 0 unspecified atom stereocenters.